The van der Waals surface area contributed by atoms with E-state index in [1.807, 2.05) is 13.8 Å². The van der Waals surface area contributed by atoms with Gasteiger partial charge in [0, 0.05) is 11.6 Å². The number of hydrogen-bond donors (Lipinski definition) is 1. The van der Waals surface area contributed by atoms with Crippen LogP contribution in [0, 0.1) is 18.3 Å². The van der Waals surface area contributed by atoms with E-state index in [-0.39, 0.29) is 11.6 Å². The Balaban J connectivity index is 3.02. The Morgan fingerprint density at radius 3 is 2.50 bits per heavy atom. The van der Waals surface area contributed by atoms with Crippen LogP contribution in [-0.4, -0.2) is 11.9 Å². The Morgan fingerprint density at radius 2 is 2.06 bits per heavy atom. The van der Waals surface area contributed by atoms with Gasteiger partial charge in [0.2, 0.25) is 0 Å². The molecule has 96 valence electrons. The Labute approximate surface area is 107 Å². The van der Waals surface area contributed by atoms with Gasteiger partial charge in [-0.15, -0.1) is 0 Å². The van der Waals surface area contributed by atoms with Crippen LogP contribution in [0.2, 0.25) is 0 Å². The molecule has 0 heterocycles. The van der Waals surface area contributed by atoms with Gasteiger partial charge < -0.3 is 5.32 Å². The zero-order valence-electron chi connectivity index (χ0n) is 10.8. The van der Waals surface area contributed by atoms with Crippen LogP contribution in [0.15, 0.2) is 24.3 Å². The number of hydrogen-bond acceptors (Lipinski definition) is 2. The van der Waals surface area contributed by atoms with Gasteiger partial charge in [-0.3, -0.25) is 4.79 Å². The molecule has 0 saturated carbocycles. The standard InChI is InChI=1S/C14H17FN2O/c1-4-11(3)17-13(18)14(15,9-16)12-7-5-10(2)6-8-12/h5-8,11H,4H2,1-3H3,(H,17,18)/t11-,14+/m0/s1. The zero-order valence-corrected chi connectivity index (χ0v) is 10.8. The Bertz CT molecular complexity index is 464. The minimum absolute atomic E-state index is 0.0661. The largest absolute Gasteiger partial charge is 0.350 e. The van der Waals surface area contributed by atoms with Crippen molar-refractivity contribution in [2.24, 2.45) is 0 Å². The van der Waals surface area contributed by atoms with Crippen molar-refractivity contribution in [2.45, 2.75) is 38.9 Å². The normalized spacial score (nSPS) is 15.3. The van der Waals surface area contributed by atoms with Gasteiger partial charge in [0.05, 0.1) is 0 Å². The first-order valence-corrected chi connectivity index (χ1v) is 5.92. The van der Waals surface area contributed by atoms with Crippen LogP contribution >= 0.6 is 0 Å². The highest BCUT2D eigenvalue weighted by Crippen LogP contribution is 2.26. The van der Waals surface area contributed by atoms with Crippen molar-refractivity contribution in [3.63, 3.8) is 0 Å². The zero-order chi connectivity index (χ0) is 13.8. The highest BCUT2D eigenvalue weighted by atomic mass is 19.1. The van der Waals surface area contributed by atoms with Gasteiger partial charge in [-0.25, -0.2) is 4.39 Å². The summed E-state index contributed by atoms with van der Waals surface area (Å²) in [5, 5.41) is 11.5. The van der Waals surface area contributed by atoms with E-state index in [2.05, 4.69) is 5.32 Å². The molecule has 1 aromatic rings. The van der Waals surface area contributed by atoms with Crippen molar-refractivity contribution in [3.05, 3.63) is 35.4 Å². The summed E-state index contributed by atoms with van der Waals surface area (Å²) in [6.45, 7) is 5.50. The van der Waals surface area contributed by atoms with Crippen LogP contribution in [0.3, 0.4) is 0 Å². The van der Waals surface area contributed by atoms with Gasteiger partial charge in [-0.2, -0.15) is 5.26 Å². The van der Waals surface area contributed by atoms with E-state index < -0.39 is 11.6 Å². The molecule has 3 nitrogen and oxygen atoms in total. The van der Waals surface area contributed by atoms with Crippen LogP contribution in [0.5, 0.6) is 0 Å². The first-order chi connectivity index (χ1) is 8.43. The maximum Gasteiger partial charge on any atom is 0.298 e. The van der Waals surface area contributed by atoms with Gasteiger partial charge in [-0.05, 0) is 20.3 Å². The van der Waals surface area contributed by atoms with E-state index in [1.165, 1.54) is 18.2 Å². The number of aryl methyl sites for hydroxylation is 1. The summed E-state index contributed by atoms with van der Waals surface area (Å²) in [4.78, 5) is 11.8. The van der Waals surface area contributed by atoms with Crippen LogP contribution in [0.1, 0.15) is 31.4 Å². The second kappa shape index (κ2) is 5.63. The molecule has 1 amide bonds. The number of halogens is 1. The molecule has 0 saturated heterocycles. The number of alkyl halides is 1. The van der Waals surface area contributed by atoms with Crippen molar-refractivity contribution in [2.75, 3.05) is 0 Å². The number of rotatable bonds is 4. The molecule has 2 atom stereocenters. The lowest BCUT2D eigenvalue weighted by Crippen LogP contribution is -2.44. The molecule has 1 rings (SSSR count). The Morgan fingerprint density at radius 1 is 1.50 bits per heavy atom. The summed E-state index contributed by atoms with van der Waals surface area (Å²) in [7, 11) is 0. The predicted octanol–water partition coefficient (Wildman–Crippen LogP) is 2.60. The molecule has 0 bridgehead atoms. The summed E-state index contributed by atoms with van der Waals surface area (Å²) >= 11 is 0. The molecule has 18 heavy (non-hydrogen) atoms. The smallest absolute Gasteiger partial charge is 0.298 e. The molecule has 1 N–H and O–H groups in total. The summed E-state index contributed by atoms with van der Waals surface area (Å²) < 4.78 is 14.5. The fourth-order valence-corrected chi connectivity index (χ4v) is 1.45. The molecule has 0 aliphatic carbocycles. The van der Waals surface area contributed by atoms with Crippen LogP contribution in [0.4, 0.5) is 4.39 Å². The van der Waals surface area contributed by atoms with Crippen molar-refractivity contribution in [1.29, 1.82) is 5.26 Å². The second-order valence-electron chi connectivity index (χ2n) is 4.42. The molecule has 0 spiro atoms. The first kappa shape index (κ1) is 14.2. The summed E-state index contributed by atoms with van der Waals surface area (Å²) in [6.07, 6.45) is 0.682. The van der Waals surface area contributed by atoms with E-state index in [0.717, 1.165) is 5.56 Å². The van der Waals surface area contributed by atoms with Crippen LogP contribution < -0.4 is 5.32 Å². The van der Waals surface area contributed by atoms with Gasteiger partial charge in [0.15, 0.2) is 0 Å². The van der Waals surface area contributed by atoms with Gasteiger partial charge >= 0.3 is 0 Å². The van der Waals surface area contributed by atoms with Crippen molar-refractivity contribution in [1.82, 2.24) is 5.32 Å². The van der Waals surface area contributed by atoms with Gasteiger partial charge in [0.25, 0.3) is 11.6 Å². The number of benzene rings is 1. The van der Waals surface area contributed by atoms with Crippen molar-refractivity contribution >= 4 is 5.91 Å². The Kier molecular flexibility index (Phi) is 4.43. The van der Waals surface area contributed by atoms with E-state index in [4.69, 9.17) is 5.26 Å². The SMILES string of the molecule is CC[C@H](C)NC(=O)[C@@](F)(C#N)c1ccc(C)cc1. The quantitative estimate of drug-likeness (QED) is 0.890. The van der Waals surface area contributed by atoms with Crippen molar-refractivity contribution < 1.29 is 9.18 Å². The maximum atomic E-state index is 14.5. The number of amides is 1. The lowest BCUT2D eigenvalue weighted by molar-refractivity contribution is -0.130. The molecule has 0 fully saturated rings. The van der Waals surface area contributed by atoms with Gasteiger partial charge in [0.1, 0.15) is 6.07 Å². The maximum absolute atomic E-state index is 14.5. The molecule has 1 aromatic carbocycles. The molecule has 4 heteroatoms. The first-order valence-electron chi connectivity index (χ1n) is 5.92. The van der Waals surface area contributed by atoms with E-state index in [0.29, 0.717) is 6.42 Å². The van der Waals surface area contributed by atoms with Gasteiger partial charge in [-0.1, -0.05) is 36.8 Å². The molecular formula is C14H17FN2O. The number of carbonyl (C=O) groups is 1. The van der Waals surface area contributed by atoms with E-state index in [9.17, 15) is 9.18 Å². The lowest BCUT2D eigenvalue weighted by Gasteiger charge is -2.20. The minimum atomic E-state index is -2.63. The topological polar surface area (TPSA) is 52.9 Å². The summed E-state index contributed by atoms with van der Waals surface area (Å²) in [5.41, 5.74) is -1.62. The summed E-state index contributed by atoms with van der Waals surface area (Å²) in [6, 6.07) is 7.59. The fraction of sp³-hybridized carbons (Fsp3) is 0.429. The fourth-order valence-electron chi connectivity index (χ4n) is 1.45. The molecule has 0 radical (unpaired) electrons. The lowest BCUT2D eigenvalue weighted by atomic mass is 9.95. The minimum Gasteiger partial charge on any atom is -0.350 e. The molecule has 0 aliphatic rings. The molecule has 0 aliphatic heterocycles. The van der Waals surface area contributed by atoms with E-state index >= 15 is 0 Å². The highest BCUT2D eigenvalue weighted by molar-refractivity contribution is 5.89. The van der Waals surface area contributed by atoms with Crippen LogP contribution in [0.25, 0.3) is 0 Å². The van der Waals surface area contributed by atoms with Crippen LogP contribution in [-0.2, 0) is 10.5 Å². The molecule has 0 aromatic heterocycles. The number of carbonyl (C=O) groups excluding carboxylic acids is 1. The average Bonchev–Trinajstić information content (AvgIpc) is 2.38. The number of nitrogens with one attached hydrogen (secondary N) is 1. The van der Waals surface area contributed by atoms with E-state index in [1.54, 1.807) is 19.1 Å². The number of nitrogens with zero attached hydrogens (tertiary/aromatic N) is 1. The predicted molar refractivity (Wildman–Crippen MR) is 67.5 cm³/mol. The Hall–Kier alpha value is -1.89. The monoisotopic (exact) mass is 248 g/mol. The third-order valence-corrected chi connectivity index (χ3v) is 2.91. The third-order valence-electron chi connectivity index (χ3n) is 2.91. The number of nitriles is 1. The summed E-state index contributed by atoms with van der Waals surface area (Å²) in [5.74, 6) is -0.900. The highest BCUT2D eigenvalue weighted by Gasteiger charge is 2.41. The molecule has 0 unspecified atom stereocenters. The second-order valence-corrected chi connectivity index (χ2v) is 4.42. The van der Waals surface area contributed by atoms with Crippen molar-refractivity contribution in [3.8, 4) is 6.07 Å². The molecular weight excluding hydrogens is 231 g/mol. The third kappa shape index (κ3) is 2.86. The average molecular weight is 248 g/mol.